The number of imidazole rings is 1. The lowest BCUT2D eigenvalue weighted by Crippen LogP contribution is -2.36. The van der Waals surface area contributed by atoms with E-state index in [4.69, 9.17) is 19.9 Å². The van der Waals surface area contributed by atoms with Crippen molar-refractivity contribution in [3.63, 3.8) is 0 Å². The maximum atomic E-state index is 6.15. The van der Waals surface area contributed by atoms with Gasteiger partial charge in [-0.3, -0.25) is 9.47 Å². The van der Waals surface area contributed by atoms with Gasteiger partial charge in [0.1, 0.15) is 13.7 Å². The number of methoxy groups -OCH3 is 2. The number of nitrogen functional groups attached to an aromatic ring is 1. The predicted octanol–water partition coefficient (Wildman–Crippen LogP) is 2.58. The van der Waals surface area contributed by atoms with E-state index < -0.39 is 0 Å². The third-order valence-corrected chi connectivity index (χ3v) is 6.72. The molecule has 37 heavy (non-hydrogen) atoms. The Bertz CT molecular complexity index is 1360. The van der Waals surface area contributed by atoms with Crippen molar-refractivity contribution in [2.24, 2.45) is 7.05 Å². The van der Waals surface area contributed by atoms with Crippen molar-refractivity contribution >= 4 is 17.0 Å². The zero-order valence-electron chi connectivity index (χ0n) is 21.7. The lowest BCUT2D eigenvalue weighted by Gasteiger charge is -2.13. The van der Waals surface area contributed by atoms with Crippen LogP contribution in [0.5, 0.6) is 12.0 Å². The number of hydrogen-bond donors (Lipinski definition) is 1. The number of likely N-dealkylation sites (tertiary alicyclic amines) is 1. The smallest absolute Gasteiger partial charge is 0.320 e. The molecule has 0 radical (unpaired) electrons. The van der Waals surface area contributed by atoms with Crippen LogP contribution in [0.25, 0.3) is 22.3 Å². The fourth-order valence-electron chi connectivity index (χ4n) is 4.69. The second kappa shape index (κ2) is 11.1. The molecule has 1 saturated heterocycles. The summed E-state index contributed by atoms with van der Waals surface area (Å²) in [6.07, 6.45) is 4.81. The molecule has 0 spiro atoms. The molecular weight excluding hydrogens is 470 g/mol. The molecule has 0 aliphatic carbocycles. The Balaban J connectivity index is 1.36. The molecule has 1 aliphatic heterocycles. The molecule has 1 fully saturated rings. The molecule has 0 unspecified atom stereocenters. The normalized spacial score (nSPS) is 13.9. The first-order chi connectivity index (χ1) is 18.1. The van der Waals surface area contributed by atoms with E-state index in [-0.39, 0.29) is 11.8 Å². The van der Waals surface area contributed by atoms with E-state index in [1.54, 1.807) is 14.2 Å². The molecule has 0 amide bonds. The average molecular weight is 505 g/mol. The highest BCUT2D eigenvalue weighted by Gasteiger charge is 2.19. The van der Waals surface area contributed by atoms with E-state index in [0.717, 1.165) is 17.7 Å². The van der Waals surface area contributed by atoms with Crippen LogP contribution in [-0.4, -0.2) is 64.9 Å². The van der Waals surface area contributed by atoms with Gasteiger partial charge in [0.2, 0.25) is 0 Å². The first-order valence-corrected chi connectivity index (χ1v) is 12.6. The van der Waals surface area contributed by atoms with Gasteiger partial charge in [-0.25, -0.2) is 4.57 Å². The molecule has 4 heterocycles. The van der Waals surface area contributed by atoms with Crippen LogP contribution in [0.2, 0.25) is 0 Å². The summed E-state index contributed by atoms with van der Waals surface area (Å²) in [5.74, 6) is 0.242. The van der Waals surface area contributed by atoms with Gasteiger partial charge >= 0.3 is 6.01 Å². The summed E-state index contributed by atoms with van der Waals surface area (Å²) in [5, 5.41) is 0. The van der Waals surface area contributed by atoms with Gasteiger partial charge in [-0.15, -0.1) is 0 Å². The van der Waals surface area contributed by atoms with Crippen molar-refractivity contribution in [3.05, 3.63) is 53.9 Å². The first-order valence-electron chi connectivity index (χ1n) is 12.6. The van der Waals surface area contributed by atoms with E-state index in [2.05, 4.69) is 74.1 Å². The third-order valence-electron chi connectivity index (χ3n) is 6.72. The van der Waals surface area contributed by atoms with Crippen molar-refractivity contribution in [1.82, 2.24) is 24.4 Å². The van der Waals surface area contributed by atoms with Crippen LogP contribution < -0.4 is 19.8 Å². The second-order valence-corrected chi connectivity index (χ2v) is 9.29. The van der Waals surface area contributed by atoms with Crippen molar-refractivity contribution in [1.29, 1.82) is 0 Å². The van der Waals surface area contributed by atoms with Crippen molar-refractivity contribution in [2.45, 2.75) is 25.9 Å². The summed E-state index contributed by atoms with van der Waals surface area (Å²) in [5.41, 5.74) is 11.9. The minimum absolute atomic E-state index is 0.183. The molecule has 10 nitrogen and oxygen atoms in total. The molecule has 194 valence electrons. The van der Waals surface area contributed by atoms with Crippen molar-refractivity contribution in [2.75, 3.05) is 46.3 Å². The Hall–Kier alpha value is -3.76. The molecule has 0 bridgehead atoms. The summed E-state index contributed by atoms with van der Waals surface area (Å²) in [6.45, 7) is 4.66. The monoisotopic (exact) mass is 504 g/mol. The molecule has 1 aromatic carbocycles. The molecule has 0 atom stereocenters. The number of rotatable bonds is 10. The summed E-state index contributed by atoms with van der Waals surface area (Å²) in [4.78, 5) is 15.8. The van der Waals surface area contributed by atoms with E-state index in [0.29, 0.717) is 36.9 Å². The van der Waals surface area contributed by atoms with Gasteiger partial charge in [0.15, 0.2) is 28.9 Å². The van der Waals surface area contributed by atoms with Crippen LogP contribution in [0.15, 0.2) is 42.6 Å². The number of benzene rings is 1. The Morgan fingerprint density at radius 2 is 1.68 bits per heavy atom. The Kier molecular flexibility index (Phi) is 7.47. The SMILES string of the molecule is COCCOc1nc(N)c2nc(OC)n(Cc3ccc(-c4ccc(CN5CCCC5)[n+](C)c4)cc3)c2n1. The highest BCUT2D eigenvalue weighted by molar-refractivity contribution is 5.83. The van der Waals surface area contributed by atoms with E-state index in [1.807, 2.05) is 4.57 Å². The number of pyridine rings is 1. The van der Waals surface area contributed by atoms with Gasteiger partial charge in [0.05, 0.1) is 26.8 Å². The summed E-state index contributed by atoms with van der Waals surface area (Å²) in [6, 6.07) is 13.5. The molecule has 10 heteroatoms. The van der Waals surface area contributed by atoms with Gasteiger partial charge in [-0.05, 0) is 43.1 Å². The van der Waals surface area contributed by atoms with Gasteiger partial charge in [-0.2, -0.15) is 15.0 Å². The maximum Gasteiger partial charge on any atom is 0.320 e. The number of hydrogen-bond acceptors (Lipinski definition) is 8. The highest BCUT2D eigenvalue weighted by Crippen LogP contribution is 2.27. The number of nitrogens with two attached hydrogens (primary N) is 1. The van der Waals surface area contributed by atoms with Crippen LogP contribution in [0.3, 0.4) is 0 Å². The summed E-state index contributed by atoms with van der Waals surface area (Å²) < 4.78 is 20.3. The molecule has 2 N–H and O–H groups in total. The number of anilines is 1. The van der Waals surface area contributed by atoms with Crippen LogP contribution in [0.4, 0.5) is 5.82 Å². The number of nitrogens with zero attached hydrogens (tertiary/aromatic N) is 6. The van der Waals surface area contributed by atoms with Crippen LogP contribution in [-0.2, 0) is 24.9 Å². The number of fused-ring (bicyclic) bond motifs is 1. The molecular formula is C27H34N7O3+. The molecule has 3 aromatic heterocycles. The highest BCUT2D eigenvalue weighted by atomic mass is 16.5. The maximum absolute atomic E-state index is 6.15. The van der Waals surface area contributed by atoms with Crippen molar-refractivity contribution < 1.29 is 18.8 Å². The standard InChI is InChI=1S/C27H34N7O3/c1-32-17-21(10-11-22(32)18-33-12-4-5-13-33)20-8-6-19(7-9-20)16-34-25-23(29-27(34)36-3)24(28)30-26(31-25)37-15-14-35-2/h6-11,17H,4-5,12-16,18H2,1-3H3,(H2,28,30,31)/q+1. The quantitative estimate of drug-likeness (QED) is 0.260. The van der Waals surface area contributed by atoms with E-state index in [9.17, 15) is 0 Å². The van der Waals surface area contributed by atoms with Crippen LogP contribution in [0.1, 0.15) is 24.1 Å². The summed E-state index contributed by atoms with van der Waals surface area (Å²) in [7, 11) is 5.31. The second-order valence-electron chi connectivity index (χ2n) is 9.29. The Labute approximate surface area is 216 Å². The topological polar surface area (TPSA) is 104 Å². The Morgan fingerprint density at radius 1 is 0.919 bits per heavy atom. The minimum atomic E-state index is 0.183. The van der Waals surface area contributed by atoms with Gasteiger partial charge in [-0.1, -0.05) is 24.3 Å². The van der Waals surface area contributed by atoms with Gasteiger partial charge in [0.25, 0.3) is 6.01 Å². The van der Waals surface area contributed by atoms with E-state index >= 15 is 0 Å². The molecule has 4 aromatic rings. The molecule has 5 rings (SSSR count). The molecule has 0 saturated carbocycles. The van der Waals surface area contributed by atoms with Crippen LogP contribution in [0, 0.1) is 0 Å². The van der Waals surface area contributed by atoms with Gasteiger partial charge < -0.3 is 19.9 Å². The third kappa shape index (κ3) is 5.50. The zero-order valence-corrected chi connectivity index (χ0v) is 21.7. The number of aryl methyl sites for hydroxylation is 1. The average Bonchev–Trinajstić information content (AvgIpc) is 3.54. The van der Waals surface area contributed by atoms with Crippen LogP contribution >= 0.6 is 0 Å². The largest absolute Gasteiger partial charge is 0.468 e. The zero-order chi connectivity index (χ0) is 25.8. The van der Waals surface area contributed by atoms with Crippen molar-refractivity contribution in [3.8, 4) is 23.1 Å². The lowest BCUT2D eigenvalue weighted by atomic mass is 10.0. The van der Waals surface area contributed by atoms with Gasteiger partial charge in [0, 0.05) is 18.7 Å². The fraction of sp³-hybridized carbons (Fsp3) is 0.407. The predicted molar refractivity (Wildman–Crippen MR) is 140 cm³/mol. The molecule has 1 aliphatic rings. The fourth-order valence-corrected chi connectivity index (χ4v) is 4.69. The Morgan fingerprint density at radius 3 is 2.38 bits per heavy atom. The van der Waals surface area contributed by atoms with E-state index in [1.165, 1.54) is 37.2 Å². The summed E-state index contributed by atoms with van der Waals surface area (Å²) >= 11 is 0. The first kappa shape index (κ1) is 24.9. The number of ether oxygens (including phenoxy) is 3. The lowest BCUT2D eigenvalue weighted by molar-refractivity contribution is -0.679. The minimum Gasteiger partial charge on any atom is -0.468 e. The number of aromatic nitrogens is 5.